The minimum Gasteiger partial charge on any atom is -0.396 e. The van der Waals surface area contributed by atoms with Crippen LogP contribution < -0.4 is 11.1 Å². The smallest absolute Gasteiger partial charge is 0.396 e. The van der Waals surface area contributed by atoms with Crippen LogP contribution in [0.5, 0.6) is 0 Å². The number of carbonyl (C=O) groups is 1. The molecule has 1 aromatic carbocycles. The van der Waals surface area contributed by atoms with E-state index >= 15 is 0 Å². The number of aromatic nitrogens is 2. The first-order chi connectivity index (χ1) is 9.29. The highest BCUT2D eigenvalue weighted by Crippen LogP contribution is 2.34. The van der Waals surface area contributed by atoms with Gasteiger partial charge in [-0.1, -0.05) is 11.6 Å². The van der Waals surface area contributed by atoms with Crippen molar-refractivity contribution < 1.29 is 18.0 Å². The standard InChI is InChI=1S/C11H8ClF3N4O/c12-6-2-1-5(11(13,14)15)3-8(6)18-10(20)9-7(16)4-17-19-9/h1-4H,16H2,(H,17,19)(H,18,20). The van der Waals surface area contributed by atoms with Crippen LogP contribution in [0.15, 0.2) is 24.4 Å². The SMILES string of the molecule is Nc1cn[nH]c1C(=O)Nc1cc(C(F)(F)F)ccc1Cl. The monoisotopic (exact) mass is 304 g/mol. The molecule has 1 heterocycles. The maximum absolute atomic E-state index is 12.6. The van der Waals surface area contributed by atoms with E-state index in [1.165, 1.54) is 6.20 Å². The average molecular weight is 305 g/mol. The highest BCUT2D eigenvalue weighted by atomic mass is 35.5. The Balaban J connectivity index is 2.30. The topological polar surface area (TPSA) is 83.8 Å². The third-order valence-electron chi connectivity index (χ3n) is 2.44. The Morgan fingerprint density at radius 2 is 2.10 bits per heavy atom. The van der Waals surface area contributed by atoms with Crippen molar-refractivity contribution in [2.24, 2.45) is 0 Å². The number of rotatable bonds is 2. The Morgan fingerprint density at radius 3 is 2.65 bits per heavy atom. The molecule has 106 valence electrons. The fraction of sp³-hybridized carbons (Fsp3) is 0.0909. The summed E-state index contributed by atoms with van der Waals surface area (Å²) in [4.78, 5) is 11.8. The molecule has 2 aromatic rings. The highest BCUT2D eigenvalue weighted by molar-refractivity contribution is 6.34. The Bertz CT molecular complexity index is 653. The molecule has 0 fully saturated rings. The van der Waals surface area contributed by atoms with Gasteiger partial charge in [0, 0.05) is 0 Å². The summed E-state index contributed by atoms with van der Waals surface area (Å²) in [6.45, 7) is 0. The summed E-state index contributed by atoms with van der Waals surface area (Å²) in [5.41, 5.74) is 4.39. The van der Waals surface area contributed by atoms with Crippen LogP contribution in [0.3, 0.4) is 0 Å². The van der Waals surface area contributed by atoms with Crippen LogP contribution in [0.25, 0.3) is 0 Å². The molecule has 0 aliphatic heterocycles. The number of nitrogens with zero attached hydrogens (tertiary/aromatic N) is 1. The molecule has 0 aliphatic rings. The van der Waals surface area contributed by atoms with Crippen molar-refractivity contribution in [3.8, 4) is 0 Å². The normalized spacial score (nSPS) is 11.4. The summed E-state index contributed by atoms with van der Waals surface area (Å²) in [7, 11) is 0. The lowest BCUT2D eigenvalue weighted by Gasteiger charge is -2.11. The first-order valence-corrected chi connectivity index (χ1v) is 5.64. The lowest BCUT2D eigenvalue weighted by molar-refractivity contribution is -0.137. The van der Waals surface area contributed by atoms with Crippen molar-refractivity contribution in [3.05, 3.63) is 40.7 Å². The molecule has 5 nitrogen and oxygen atoms in total. The number of alkyl halides is 3. The van der Waals surface area contributed by atoms with E-state index < -0.39 is 17.6 Å². The molecule has 1 aromatic heterocycles. The van der Waals surface area contributed by atoms with Crippen molar-refractivity contribution in [3.63, 3.8) is 0 Å². The van der Waals surface area contributed by atoms with E-state index in [0.717, 1.165) is 18.2 Å². The molecule has 0 saturated carbocycles. The lowest BCUT2D eigenvalue weighted by Crippen LogP contribution is -2.15. The Labute approximate surface area is 115 Å². The van der Waals surface area contributed by atoms with Crippen LogP contribution in [0.2, 0.25) is 5.02 Å². The van der Waals surface area contributed by atoms with E-state index in [4.69, 9.17) is 17.3 Å². The Morgan fingerprint density at radius 1 is 1.40 bits per heavy atom. The van der Waals surface area contributed by atoms with Crippen LogP contribution >= 0.6 is 11.6 Å². The first-order valence-electron chi connectivity index (χ1n) is 5.26. The summed E-state index contributed by atoms with van der Waals surface area (Å²) in [5.74, 6) is -0.735. The zero-order valence-corrected chi connectivity index (χ0v) is 10.5. The van der Waals surface area contributed by atoms with Crippen LogP contribution in [-0.4, -0.2) is 16.1 Å². The summed E-state index contributed by atoms with van der Waals surface area (Å²) >= 11 is 5.75. The van der Waals surface area contributed by atoms with Gasteiger partial charge in [0.05, 0.1) is 28.2 Å². The van der Waals surface area contributed by atoms with Gasteiger partial charge in [0.25, 0.3) is 5.91 Å². The van der Waals surface area contributed by atoms with Crippen LogP contribution in [0.1, 0.15) is 16.1 Å². The number of hydrogen-bond acceptors (Lipinski definition) is 3. The summed E-state index contributed by atoms with van der Waals surface area (Å²) in [6.07, 6.45) is -3.32. The second-order valence-electron chi connectivity index (χ2n) is 3.85. The van der Waals surface area contributed by atoms with Gasteiger partial charge >= 0.3 is 6.18 Å². The second kappa shape index (κ2) is 5.04. The number of nitrogen functional groups attached to an aromatic ring is 1. The zero-order chi connectivity index (χ0) is 14.9. The van der Waals surface area contributed by atoms with Gasteiger partial charge < -0.3 is 11.1 Å². The number of halogens is 4. The van der Waals surface area contributed by atoms with Crippen molar-refractivity contribution in [2.75, 3.05) is 11.1 Å². The second-order valence-corrected chi connectivity index (χ2v) is 4.25. The molecule has 0 spiro atoms. The number of nitrogens with two attached hydrogens (primary N) is 1. The number of anilines is 2. The van der Waals surface area contributed by atoms with E-state index in [1.807, 2.05) is 0 Å². The molecular weight excluding hydrogens is 297 g/mol. The maximum atomic E-state index is 12.6. The van der Waals surface area contributed by atoms with E-state index in [0.29, 0.717) is 0 Å². The first kappa shape index (κ1) is 14.2. The molecule has 0 bridgehead atoms. The van der Waals surface area contributed by atoms with Crippen molar-refractivity contribution in [2.45, 2.75) is 6.18 Å². The minimum atomic E-state index is -4.53. The van der Waals surface area contributed by atoms with Gasteiger partial charge in [-0.25, -0.2) is 0 Å². The van der Waals surface area contributed by atoms with E-state index in [-0.39, 0.29) is 22.1 Å². The molecule has 20 heavy (non-hydrogen) atoms. The van der Waals surface area contributed by atoms with Gasteiger partial charge in [0.15, 0.2) is 0 Å². The number of nitrogens with one attached hydrogen (secondary N) is 2. The molecular formula is C11H8ClF3N4O. The largest absolute Gasteiger partial charge is 0.416 e. The average Bonchev–Trinajstić information content (AvgIpc) is 2.77. The zero-order valence-electron chi connectivity index (χ0n) is 9.75. The van der Waals surface area contributed by atoms with Gasteiger partial charge in [-0.2, -0.15) is 18.3 Å². The van der Waals surface area contributed by atoms with Crippen molar-refractivity contribution >= 4 is 28.9 Å². The number of benzene rings is 1. The number of aromatic amines is 1. The number of amides is 1. The fourth-order valence-electron chi connectivity index (χ4n) is 1.46. The van der Waals surface area contributed by atoms with E-state index in [2.05, 4.69) is 15.5 Å². The molecule has 0 radical (unpaired) electrons. The molecule has 0 saturated heterocycles. The van der Waals surface area contributed by atoms with Crippen molar-refractivity contribution in [1.29, 1.82) is 0 Å². The Kier molecular flexibility index (Phi) is 3.58. The van der Waals surface area contributed by atoms with Gasteiger partial charge in [0.2, 0.25) is 0 Å². The van der Waals surface area contributed by atoms with Gasteiger partial charge in [-0.15, -0.1) is 0 Å². The summed E-state index contributed by atoms with van der Waals surface area (Å²) in [5, 5.41) is 8.10. The molecule has 9 heteroatoms. The van der Waals surface area contributed by atoms with Crippen LogP contribution in [0.4, 0.5) is 24.5 Å². The quantitative estimate of drug-likeness (QED) is 0.797. The van der Waals surface area contributed by atoms with E-state index in [1.54, 1.807) is 0 Å². The predicted molar refractivity (Wildman–Crippen MR) is 67.4 cm³/mol. The Hall–Kier alpha value is -2.22. The van der Waals surface area contributed by atoms with Gasteiger partial charge in [-0.3, -0.25) is 9.89 Å². The predicted octanol–water partition coefficient (Wildman–Crippen LogP) is 2.92. The number of hydrogen-bond donors (Lipinski definition) is 3. The van der Waals surface area contributed by atoms with Crippen LogP contribution in [-0.2, 0) is 6.18 Å². The van der Waals surface area contributed by atoms with Gasteiger partial charge in [-0.05, 0) is 18.2 Å². The minimum absolute atomic E-state index is 0.0237. The molecule has 2 rings (SSSR count). The maximum Gasteiger partial charge on any atom is 0.416 e. The summed E-state index contributed by atoms with van der Waals surface area (Å²) < 4.78 is 37.7. The van der Waals surface area contributed by atoms with Crippen LogP contribution in [0, 0.1) is 0 Å². The van der Waals surface area contributed by atoms with E-state index in [9.17, 15) is 18.0 Å². The van der Waals surface area contributed by atoms with Gasteiger partial charge in [0.1, 0.15) is 5.69 Å². The highest BCUT2D eigenvalue weighted by Gasteiger charge is 2.31. The number of carbonyl (C=O) groups excluding carboxylic acids is 1. The number of H-pyrrole nitrogens is 1. The fourth-order valence-corrected chi connectivity index (χ4v) is 1.62. The molecule has 4 N–H and O–H groups in total. The molecule has 0 atom stereocenters. The molecule has 0 aliphatic carbocycles. The lowest BCUT2D eigenvalue weighted by atomic mass is 10.2. The summed E-state index contributed by atoms with van der Waals surface area (Å²) in [6, 6.07) is 2.62. The molecule has 1 amide bonds. The molecule has 0 unspecified atom stereocenters. The third-order valence-corrected chi connectivity index (χ3v) is 2.77. The van der Waals surface area contributed by atoms with Crippen molar-refractivity contribution in [1.82, 2.24) is 10.2 Å². The third kappa shape index (κ3) is 2.85.